The third-order valence-corrected chi connectivity index (χ3v) is 4.53. The maximum absolute atomic E-state index is 4.82. The Morgan fingerprint density at radius 1 is 0.741 bits per heavy atom. The van der Waals surface area contributed by atoms with Gasteiger partial charge in [0.05, 0.1) is 11.0 Å². The zero-order valence-corrected chi connectivity index (χ0v) is 14.8. The van der Waals surface area contributed by atoms with Crippen molar-refractivity contribution < 1.29 is 0 Å². The standard InChI is InChI=1S/C20H17N7/c1-2-7-14-12-19(26-17-10-5-3-8-15(17)22-24-26)21-20(13-14)27-18-11-6-4-9-16(18)23-25-27/h3-6,8-13H,2,7H2,1H3. The lowest BCUT2D eigenvalue weighted by Crippen LogP contribution is -2.07. The summed E-state index contributed by atoms with van der Waals surface area (Å²) in [5.74, 6) is 1.45. The second kappa shape index (κ2) is 6.28. The van der Waals surface area contributed by atoms with Crippen LogP contribution in [0.1, 0.15) is 18.9 Å². The highest BCUT2D eigenvalue weighted by molar-refractivity contribution is 5.76. The van der Waals surface area contributed by atoms with Crippen molar-refractivity contribution in [1.82, 2.24) is 35.0 Å². The molecule has 0 bridgehead atoms. The van der Waals surface area contributed by atoms with E-state index in [1.807, 2.05) is 48.5 Å². The van der Waals surface area contributed by atoms with Gasteiger partial charge in [0.25, 0.3) is 0 Å². The van der Waals surface area contributed by atoms with Crippen molar-refractivity contribution in [3.05, 3.63) is 66.2 Å². The molecule has 7 nitrogen and oxygen atoms in total. The zero-order chi connectivity index (χ0) is 18.2. The summed E-state index contributed by atoms with van der Waals surface area (Å²) < 4.78 is 3.55. The molecule has 0 amide bonds. The lowest BCUT2D eigenvalue weighted by atomic mass is 10.1. The highest BCUT2D eigenvalue weighted by Gasteiger charge is 2.13. The van der Waals surface area contributed by atoms with E-state index < -0.39 is 0 Å². The summed E-state index contributed by atoms with van der Waals surface area (Å²) in [7, 11) is 0. The summed E-state index contributed by atoms with van der Waals surface area (Å²) in [4.78, 5) is 4.82. The van der Waals surface area contributed by atoms with Crippen LogP contribution in [0, 0.1) is 0 Å². The highest BCUT2D eigenvalue weighted by atomic mass is 15.5. The van der Waals surface area contributed by atoms with E-state index in [-0.39, 0.29) is 0 Å². The molecule has 0 aliphatic heterocycles. The molecule has 0 spiro atoms. The van der Waals surface area contributed by atoms with E-state index in [0.717, 1.165) is 46.5 Å². The van der Waals surface area contributed by atoms with Gasteiger partial charge in [-0.15, -0.1) is 10.2 Å². The molecule has 2 aromatic carbocycles. The van der Waals surface area contributed by atoms with Crippen LogP contribution >= 0.6 is 0 Å². The van der Waals surface area contributed by atoms with Gasteiger partial charge in [0.15, 0.2) is 11.6 Å². The van der Waals surface area contributed by atoms with Crippen molar-refractivity contribution in [2.45, 2.75) is 19.8 Å². The van der Waals surface area contributed by atoms with Gasteiger partial charge in [0, 0.05) is 0 Å². The number of rotatable bonds is 4. The van der Waals surface area contributed by atoms with Gasteiger partial charge < -0.3 is 0 Å². The summed E-state index contributed by atoms with van der Waals surface area (Å²) in [5.41, 5.74) is 4.71. The lowest BCUT2D eigenvalue weighted by Gasteiger charge is -2.09. The van der Waals surface area contributed by atoms with Crippen LogP contribution in [0.2, 0.25) is 0 Å². The van der Waals surface area contributed by atoms with Crippen LogP contribution in [0.4, 0.5) is 0 Å². The molecule has 0 N–H and O–H groups in total. The number of aromatic nitrogens is 7. The second-order valence-electron chi connectivity index (χ2n) is 6.42. The number of pyridine rings is 1. The predicted octanol–water partition coefficient (Wildman–Crippen LogP) is 3.50. The molecule has 5 rings (SSSR count). The van der Waals surface area contributed by atoms with E-state index in [1.165, 1.54) is 5.56 Å². The molecule has 3 aromatic heterocycles. The van der Waals surface area contributed by atoms with Gasteiger partial charge in [0.2, 0.25) is 0 Å². The fourth-order valence-corrected chi connectivity index (χ4v) is 3.28. The Balaban J connectivity index is 1.73. The minimum absolute atomic E-state index is 0.726. The van der Waals surface area contributed by atoms with Crippen molar-refractivity contribution in [2.24, 2.45) is 0 Å². The molecule has 3 heterocycles. The molecular formula is C20H17N7. The highest BCUT2D eigenvalue weighted by Crippen LogP contribution is 2.21. The Hall–Kier alpha value is -3.61. The average Bonchev–Trinajstić information content (AvgIpc) is 3.32. The molecule has 0 saturated heterocycles. The second-order valence-corrected chi connectivity index (χ2v) is 6.42. The summed E-state index contributed by atoms with van der Waals surface area (Å²) in [6.45, 7) is 2.16. The summed E-state index contributed by atoms with van der Waals surface area (Å²) in [6, 6.07) is 19.9. The first-order valence-electron chi connectivity index (χ1n) is 8.96. The summed E-state index contributed by atoms with van der Waals surface area (Å²) in [5, 5.41) is 17.1. The minimum atomic E-state index is 0.726. The lowest BCUT2D eigenvalue weighted by molar-refractivity contribution is 0.762. The van der Waals surface area contributed by atoms with Crippen molar-refractivity contribution >= 4 is 22.1 Å². The van der Waals surface area contributed by atoms with Crippen LogP contribution in [-0.4, -0.2) is 35.0 Å². The maximum atomic E-state index is 4.82. The summed E-state index contributed by atoms with van der Waals surface area (Å²) in [6.07, 6.45) is 1.99. The number of para-hydroxylation sites is 2. The monoisotopic (exact) mass is 355 g/mol. The minimum Gasteiger partial charge on any atom is -0.209 e. The van der Waals surface area contributed by atoms with E-state index in [1.54, 1.807) is 9.36 Å². The number of benzene rings is 2. The largest absolute Gasteiger partial charge is 0.209 e. The van der Waals surface area contributed by atoms with Crippen LogP contribution in [-0.2, 0) is 6.42 Å². The Kier molecular flexibility index (Phi) is 3.64. The number of hydrogen-bond donors (Lipinski definition) is 0. The van der Waals surface area contributed by atoms with E-state index in [9.17, 15) is 0 Å². The topological polar surface area (TPSA) is 74.3 Å². The molecule has 0 aliphatic rings. The number of fused-ring (bicyclic) bond motifs is 2. The first-order chi connectivity index (χ1) is 13.3. The van der Waals surface area contributed by atoms with Gasteiger partial charge in [0.1, 0.15) is 11.0 Å². The van der Waals surface area contributed by atoms with E-state index in [0.29, 0.717) is 0 Å². The Bertz CT molecular complexity index is 1160. The third-order valence-electron chi connectivity index (χ3n) is 4.53. The molecule has 0 atom stereocenters. The third kappa shape index (κ3) is 2.64. The SMILES string of the molecule is CCCc1cc(-n2nnc3ccccc32)nc(-n2nnc3ccccc32)c1. The summed E-state index contributed by atoms with van der Waals surface area (Å²) >= 11 is 0. The van der Waals surface area contributed by atoms with Crippen LogP contribution in [0.15, 0.2) is 60.7 Å². The Labute approximate surface area is 155 Å². The predicted molar refractivity (Wildman–Crippen MR) is 103 cm³/mol. The molecule has 0 saturated carbocycles. The van der Waals surface area contributed by atoms with E-state index in [4.69, 9.17) is 4.98 Å². The molecule has 27 heavy (non-hydrogen) atoms. The van der Waals surface area contributed by atoms with Crippen LogP contribution in [0.25, 0.3) is 33.7 Å². The smallest absolute Gasteiger partial charge is 0.158 e. The van der Waals surface area contributed by atoms with Crippen molar-refractivity contribution in [1.29, 1.82) is 0 Å². The van der Waals surface area contributed by atoms with Gasteiger partial charge in [-0.25, -0.2) is 4.98 Å². The molecule has 7 heteroatoms. The molecule has 5 aromatic rings. The molecule has 0 radical (unpaired) electrons. The van der Waals surface area contributed by atoms with E-state index >= 15 is 0 Å². The van der Waals surface area contributed by atoms with Crippen LogP contribution in [0.5, 0.6) is 0 Å². The quantitative estimate of drug-likeness (QED) is 0.493. The molecular weight excluding hydrogens is 338 g/mol. The fraction of sp³-hybridized carbons (Fsp3) is 0.150. The van der Waals surface area contributed by atoms with Crippen LogP contribution in [0.3, 0.4) is 0 Å². The molecule has 0 fully saturated rings. The van der Waals surface area contributed by atoms with Gasteiger partial charge in [-0.05, 0) is 48.4 Å². The van der Waals surface area contributed by atoms with E-state index in [2.05, 4.69) is 39.7 Å². The fourth-order valence-electron chi connectivity index (χ4n) is 3.28. The number of aryl methyl sites for hydroxylation is 1. The Morgan fingerprint density at radius 2 is 1.26 bits per heavy atom. The van der Waals surface area contributed by atoms with Crippen molar-refractivity contribution in [2.75, 3.05) is 0 Å². The average molecular weight is 355 g/mol. The normalized spacial score (nSPS) is 11.4. The van der Waals surface area contributed by atoms with Gasteiger partial charge in [-0.3, -0.25) is 0 Å². The maximum Gasteiger partial charge on any atom is 0.158 e. The molecule has 132 valence electrons. The zero-order valence-electron chi connectivity index (χ0n) is 14.8. The first-order valence-corrected chi connectivity index (χ1v) is 8.96. The Morgan fingerprint density at radius 3 is 1.78 bits per heavy atom. The number of hydrogen-bond acceptors (Lipinski definition) is 5. The van der Waals surface area contributed by atoms with Crippen molar-refractivity contribution in [3.8, 4) is 11.6 Å². The molecule has 0 unspecified atom stereocenters. The first kappa shape index (κ1) is 15.6. The van der Waals surface area contributed by atoms with Gasteiger partial charge in [-0.2, -0.15) is 9.36 Å². The van der Waals surface area contributed by atoms with Gasteiger partial charge >= 0.3 is 0 Å². The molecule has 0 aliphatic carbocycles. The van der Waals surface area contributed by atoms with Gasteiger partial charge in [-0.1, -0.05) is 48.0 Å². The van der Waals surface area contributed by atoms with Crippen molar-refractivity contribution in [3.63, 3.8) is 0 Å². The van der Waals surface area contributed by atoms with Crippen LogP contribution < -0.4 is 0 Å². The number of nitrogens with zero attached hydrogens (tertiary/aromatic N) is 7.